The number of nitrogens with one attached hydrogen (secondary N) is 2. The molecule has 0 spiro atoms. The van der Waals surface area contributed by atoms with Crippen molar-refractivity contribution in [3.05, 3.63) is 84.4 Å². The lowest BCUT2D eigenvalue weighted by molar-refractivity contribution is -0.122. The topological polar surface area (TPSA) is 114 Å². The van der Waals surface area contributed by atoms with Gasteiger partial charge in [0.05, 0.1) is 16.4 Å². The monoisotopic (exact) mass is 723 g/mol. The maximum Gasteiger partial charge on any atom is 0.335 e. The second-order valence-corrected chi connectivity index (χ2v) is 10.8. The van der Waals surface area contributed by atoms with E-state index in [1.54, 1.807) is 54.6 Å². The molecule has 0 aromatic heterocycles. The Morgan fingerprint density at radius 1 is 1.13 bits per heavy atom. The van der Waals surface area contributed by atoms with Gasteiger partial charge in [0.25, 0.3) is 17.7 Å². The van der Waals surface area contributed by atoms with Crippen molar-refractivity contribution in [2.75, 3.05) is 23.9 Å². The first kappa shape index (κ1) is 28.6. The average Bonchev–Trinajstić information content (AvgIpc) is 2.88. The van der Waals surface area contributed by atoms with E-state index in [0.29, 0.717) is 31.3 Å². The standard InChI is InChI=1S/C27H20BrClIN3O6/c1-14-3-6-17(12-20(14)29)31-23(34)13-39-24-21(30)10-15(11-22(24)38-2)9-19-25(35)32-27(37)33(26(19)36)18-7-4-16(28)5-8-18/h3-12H,13H2,1-2H3,(H,31,34)(H,32,35,37)/b19-9+. The Morgan fingerprint density at radius 2 is 1.85 bits per heavy atom. The minimum Gasteiger partial charge on any atom is -0.493 e. The summed E-state index contributed by atoms with van der Waals surface area (Å²) in [7, 11) is 1.43. The molecule has 0 bridgehead atoms. The third-order valence-corrected chi connectivity index (χ3v) is 7.29. The summed E-state index contributed by atoms with van der Waals surface area (Å²) in [5.41, 5.74) is 1.95. The lowest BCUT2D eigenvalue weighted by Gasteiger charge is -2.26. The van der Waals surface area contributed by atoms with E-state index in [2.05, 4.69) is 26.6 Å². The van der Waals surface area contributed by atoms with Gasteiger partial charge in [0, 0.05) is 15.2 Å². The highest BCUT2D eigenvalue weighted by molar-refractivity contribution is 14.1. The Balaban J connectivity index is 1.54. The quantitative estimate of drug-likeness (QED) is 0.184. The normalized spacial score (nSPS) is 14.3. The van der Waals surface area contributed by atoms with Crippen molar-refractivity contribution < 1.29 is 28.7 Å². The molecule has 9 nitrogen and oxygen atoms in total. The molecule has 1 fully saturated rings. The van der Waals surface area contributed by atoms with Crippen LogP contribution in [0.3, 0.4) is 0 Å². The molecule has 12 heteroatoms. The summed E-state index contributed by atoms with van der Waals surface area (Å²) >= 11 is 11.4. The Morgan fingerprint density at radius 3 is 2.51 bits per heavy atom. The molecule has 1 aliphatic heterocycles. The minimum absolute atomic E-state index is 0.236. The molecular weight excluding hydrogens is 705 g/mol. The van der Waals surface area contributed by atoms with Crippen molar-refractivity contribution in [1.29, 1.82) is 0 Å². The van der Waals surface area contributed by atoms with Gasteiger partial charge in [0.1, 0.15) is 5.57 Å². The predicted molar refractivity (Wildman–Crippen MR) is 159 cm³/mol. The van der Waals surface area contributed by atoms with Gasteiger partial charge < -0.3 is 14.8 Å². The number of carbonyl (C=O) groups is 4. The van der Waals surface area contributed by atoms with Gasteiger partial charge in [-0.3, -0.25) is 19.7 Å². The second kappa shape index (κ2) is 12.2. The number of benzene rings is 3. The van der Waals surface area contributed by atoms with Gasteiger partial charge in [0.2, 0.25) is 0 Å². The maximum absolute atomic E-state index is 13.2. The fraction of sp³-hybridized carbons (Fsp3) is 0.111. The molecule has 3 aromatic rings. The Kier molecular flexibility index (Phi) is 8.93. The number of hydrogen-bond donors (Lipinski definition) is 2. The molecule has 0 atom stereocenters. The number of urea groups is 1. The van der Waals surface area contributed by atoms with E-state index in [0.717, 1.165) is 14.9 Å². The van der Waals surface area contributed by atoms with Gasteiger partial charge in [-0.25, -0.2) is 9.69 Å². The van der Waals surface area contributed by atoms with Crippen LogP contribution in [0.1, 0.15) is 11.1 Å². The highest BCUT2D eigenvalue weighted by Gasteiger charge is 2.36. The van der Waals surface area contributed by atoms with Crippen LogP contribution in [-0.2, 0) is 14.4 Å². The van der Waals surface area contributed by atoms with Crippen LogP contribution >= 0.6 is 50.1 Å². The summed E-state index contributed by atoms with van der Waals surface area (Å²) in [5.74, 6) is -1.40. The first-order valence-electron chi connectivity index (χ1n) is 11.3. The number of aryl methyl sites for hydroxylation is 1. The summed E-state index contributed by atoms with van der Waals surface area (Å²) in [5, 5.41) is 5.44. The van der Waals surface area contributed by atoms with Gasteiger partial charge >= 0.3 is 6.03 Å². The number of methoxy groups -OCH3 is 1. The molecule has 0 radical (unpaired) electrons. The van der Waals surface area contributed by atoms with E-state index in [4.69, 9.17) is 21.1 Å². The summed E-state index contributed by atoms with van der Waals surface area (Å²) in [4.78, 5) is 51.5. The third-order valence-electron chi connectivity index (χ3n) is 5.55. The molecule has 2 N–H and O–H groups in total. The molecular formula is C27H20BrClIN3O6. The third kappa shape index (κ3) is 6.60. The van der Waals surface area contributed by atoms with E-state index in [1.807, 2.05) is 29.5 Å². The molecule has 0 saturated carbocycles. The predicted octanol–water partition coefficient (Wildman–Crippen LogP) is 5.71. The van der Waals surface area contributed by atoms with Gasteiger partial charge in [-0.2, -0.15) is 0 Å². The Labute approximate surface area is 250 Å². The summed E-state index contributed by atoms with van der Waals surface area (Å²) in [6, 6.07) is 14.1. The SMILES string of the molecule is COc1cc(/C=C2\C(=O)NC(=O)N(c3ccc(Br)cc3)C2=O)cc(I)c1OCC(=O)Nc1ccc(C)c(Cl)c1. The number of amides is 5. The number of barbiturate groups is 1. The lowest BCUT2D eigenvalue weighted by Crippen LogP contribution is -2.54. The van der Waals surface area contributed by atoms with Crippen molar-refractivity contribution in [2.24, 2.45) is 0 Å². The van der Waals surface area contributed by atoms with Crippen molar-refractivity contribution in [3.63, 3.8) is 0 Å². The Bertz CT molecular complexity index is 1530. The van der Waals surface area contributed by atoms with Crippen LogP contribution in [0, 0.1) is 10.5 Å². The van der Waals surface area contributed by atoms with Crippen LogP contribution in [0.25, 0.3) is 6.08 Å². The van der Waals surface area contributed by atoms with E-state index in [9.17, 15) is 19.2 Å². The number of nitrogens with zero attached hydrogens (tertiary/aromatic N) is 1. The van der Waals surface area contributed by atoms with E-state index in [-0.39, 0.29) is 17.9 Å². The van der Waals surface area contributed by atoms with Crippen molar-refractivity contribution in [3.8, 4) is 11.5 Å². The van der Waals surface area contributed by atoms with Crippen LogP contribution in [0.2, 0.25) is 5.02 Å². The largest absolute Gasteiger partial charge is 0.493 e. The second-order valence-electron chi connectivity index (χ2n) is 8.27. The molecule has 1 aliphatic rings. The number of anilines is 2. The molecule has 1 saturated heterocycles. The Hall–Kier alpha value is -3.42. The summed E-state index contributed by atoms with van der Waals surface area (Å²) in [6.07, 6.45) is 1.36. The highest BCUT2D eigenvalue weighted by atomic mass is 127. The summed E-state index contributed by atoms with van der Waals surface area (Å²) in [6.45, 7) is 1.56. The number of carbonyl (C=O) groups excluding carboxylic acids is 4. The first-order valence-corrected chi connectivity index (χ1v) is 13.6. The number of hydrogen-bond acceptors (Lipinski definition) is 6. The maximum atomic E-state index is 13.2. The lowest BCUT2D eigenvalue weighted by atomic mass is 10.1. The fourth-order valence-corrected chi connectivity index (χ4v) is 4.84. The van der Waals surface area contributed by atoms with Gasteiger partial charge in [-0.05, 0) is 95.2 Å². The molecule has 5 amide bonds. The zero-order valence-electron chi connectivity index (χ0n) is 20.5. The number of rotatable bonds is 7. The molecule has 39 heavy (non-hydrogen) atoms. The van der Waals surface area contributed by atoms with Gasteiger partial charge in [-0.1, -0.05) is 33.6 Å². The van der Waals surface area contributed by atoms with Crippen molar-refractivity contribution >= 4 is 91.3 Å². The van der Waals surface area contributed by atoms with E-state index >= 15 is 0 Å². The smallest absolute Gasteiger partial charge is 0.335 e. The first-order chi connectivity index (χ1) is 18.6. The zero-order chi connectivity index (χ0) is 28.3. The van der Waals surface area contributed by atoms with Crippen LogP contribution in [0.5, 0.6) is 11.5 Å². The molecule has 0 unspecified atom stereocenters. The van der Waals surface area contributed by atoms with Crippen molar-refractivity contribution in [1.82, 2.24) is 5.32 Å². The number of halogens is 3. The molecule has 3 aromatic carbocycles. The van der Waals surface area contributed by atoms with Gasteiger partial charge in [-0.15, -0.1) is 0 Å². The zero-order valence-corrected chi connectivity index (χ0v) is 25.0. The van der Waals surface area contributed by atoms with Crippen LogP contribution in [0.15, 0.2) is 64.6 Å². The average molecular weight is 725 g/mol. The number of ether oxygens (including phenoxy) is 2. The van der Waals surface area contributed by atoms with Crippen LogP contribution < -0.4 is 25.0 Å². The fourth-order valence-electron chi connectivity index (χ4n) is 3.62. The van der Waals surface area contributed by atoms with Crippen LogP contribution in [-0.4, -0.2) is 37.5 Å². The van der Waals surface area contributed by atoms with E-state index in [1.165, 1.54) is 13.2 Å². The van der Waals surface area contributed by atoms with Crippen LogP contribution in [0.4, 0.5) is 16.2 Å². The highest BCUT2D eigenvalue weighted by Crippen LogP contribution is 2.35. The molecule has 1 heterocycles. The molecule has 200 valence electrons. The molecule has 0 aliphatic carbocycles. The van der Waals surface area contributed by atoms with E-state index < -0.39 is 23.8 Å². The van der Waals surface area contributed by atoms with Gasteiger partial charge in [0.15, 0.2) is 18.1 Å². The number of imide groups is 2. The van der Waals surface area contributed by atoms with Crippen molar-refractivity contribution in [2.45, 2.75) is 6.92 Å². The minimum atomic E-state index is -0.841. The summed E-state index contributed by atoms with van der Waals surface area (Å²) < 4.78 is 12.5. The molecule has 4 rings (SSSR count).